The molecule has 0 unspecified atom stereocenters. The molecule has 5 nitrogen and oxygen atoms in total. The zero-order valence-electron chi connectivity index (χ0n) is 18.7. The van der Waals surface area contributed by atoms with Gasteiger partial charge in [-0.15, -0.1) is 11.3 Å². The molecule has 166 valence electrons. The van der Waals surface area contributed by atoms with E-state index in [0.29, 0.717) is 12.4 Å². The number of nitrogens with one attached hydrogen (secondary N) is 1. The van der Waals surface area contributed by atoms with Crippen LogP contribution in [0.3, 0.4) is 0 Å². The molecule has 0 radical (unpaired) electrons. The second-order valence-corrected chi connectivity index (χ2v) is 10.1. The van der Waals surface area contributed by atoms with Crippen molar-refractivity contribution in [2.75, 3.05) is 18.5 Å². The minimum Gasteiger partial charge on any atom is -0.486 e. The fourth-order valence-corrected chi connectivity index (χ4v) is 5.90. The predicted octanol–water partition coefficient (Wildman–Crippen LogP) is 6.65. The van der Waals surface area contributed by atoms with Crippen LogP contribution in [0.5, 0.6) is 0 Å². The summed E-state index contributed by atoms with van der Waals surface area (Å²) in [5.74, 6) is 0.397. The molecule has 0 aliphatic carbocycles. The molecule has 0 saturated carbocycles. The summed E-state index contributed by atoms with van der Waals surface area (Å²) in [7, 11) is 2.12. The molecule has 0 fully saturated rings. The Bertz CT molecular complexity index is 1320. The number of aliphatic imine (C=N–C) groups is 1. The Morgan fingerprint density at radius 3 is 2.76 bits per heavy atom. The highest BCUT2D eigenvalue weighted by molar-refractivity contribution is 8.03. The smallest absolute Gasteiger partial charge is 0.169 e. The lowest BCUT2D eigenvalue weighted by Crippen LogP contribution is -2.32. The van der Waals surface area contributed by atoms with Crippen molar-refractivity contribution < 1.29 is 4.57 Å². The molecule has 0 atom stereocenters. The fraction of sp³-hybridized carbons (Fsp3) is 0.192. The van der Waals surface area contributed by atoms with Gasteiger partial charge in [-0.3, -0.25) is 0 Å². The summed E-state index contributed by atoms with van der Waals surface area (Å²) in [4.78, 5) is 12.5. The number of benzene rings is 2. The molecule has 3 heterocycles. The third-order valence-electron chi connectivity index (χ3n) is 5.54. The molecular formula is C26H25N5S2. The lowest BCUT2D eigenvalue weighted by molar-refractivity contribution is -0.697. The number of hydrogen-bond donors (Lipinski definition) is 0. The summed E-state index contributed by atoms with van der Waals surface area (Å²) in [6.07, 6.45) is 7.40. The number of nitrogens with zero attached hydrogens (tertiary/aromatic N) is 4. The molecule has 0 saturated heterocycles. The highest BCUT2D eigenvalue weighted by atomic mass is 32.2. The van der Waals surface area contributed by atoms with E-state index in [-0.39, 0.29) is 0 Å². The molecule has 1 aliphatic rings. The van der Waals surface area contributed by atoms with Gasteiger partial charge in [-0.05, 0) is 55.4 Å². The molecule has 5 rings (SSSR count). The van der Waals surface area contributed by atoms with E-state index in [2.05, 4.69) is 88.5 Å². The van der Waals surface area contributed by atoms with Gasteiger partial charge in [-0.1, -0.05) is 29.7 Å². The van der Waals surface area contributed by atoms with E-state index in [1.807, 2.05) is 6.07 Å². The van der Waals surface area contributed by atoms with Crippen molar-refractivity contribution >= 4 is 50.9 Å². The molecule has 2 aromatic heterocycles. The zero-order chi connectivity index (χ0) is 22.8. The Hall–Kier alpha value is -3.16. The highest BCUT2D eigenvalue weighted by Crippen LogP contribution is 2.47. The largest absolute Gasteiger partial charge is 0.486 e. The Balaban J connectivity index is 1.31. The average Bonchev–Trinajstić information content (AvgIpc) is 3.38. The number of anilines is 1. The van der Waals surface area contributed by atoms with Crippen LogP contribution >= 0.6 is 23.1 Å². The number of thiazole rings is 1. The van der Waals surface area contributed by atoms with E-state index in [0.717, 1.165) is 23.5 Å². The van der Waals surface area contributed by atoms with Crippen LogP contribution in [-0.4, -0.2) is 24.4 Å². The molecule has 1 N–H and O–H groups in total. The molecule has 0 bridgehead atoms. The number of hydrogen-bond acceptors (Lipinski definition) is 5. The number of amidine groups is 1. The van der Waals surface area contributed by atoms with Gasteiger partial charge in [0.05, 0.1) is 20.9 Å². The maximum Gasteiger partial charge on any atom is 0.169 e. The first-order chi connectivity index (χ1) is 16.1. The van der Waals surface area contributed by atoms with Gasteiger partial charge in [0.2, 0.25) is 0 Å². The van der Waals surface area contributed by atoms with Gasteiger partial charge in [0.15, 0.2) is 12.4 Å². The minimum absolute atomic E-state index is 0.397. The monoisotopic (exact) mass is 471 g/mol. The molecule has 0 amide bonds. The van der Waals surface area contributed by atoms with Gasteiger partial charge in [-0.2, -0.15) is 0 Å². The third-order valence-corrected chi connectivity index (χ3v) is 7.77. The number of rotatable bonds is 6. The van der Waals surface area contributed by atoms with Crippen molar-refractivity contribution in [2.24, 2.45) is 4.99 Å². The summed E-state index contributed by atoms with van der Waals surface area (Å²) >= 11 is 3.55. The fourth-order valence-electron chi connectivity index (χ4n) is 3.78. The average molecular weight is 472 g/mol. The van der Waals surface area contributed by atoms with Gasteiger partial charge in [0, 0.05) is 36.1 Å². The van der Waals surface area contributed by atoms with Gasteiger partial charge in [0.25, 0.3) is 0 Å². The molecule has 33 heavy (non-hydrogen) atoms. The summed E-state index contributed by atoms with van der Waals surface area (Å²) in [5.41, 5.74) is 12.0. The quantitative estimate of drug-likeness (QED) is 0.137. The van der Waals surface area contributed by atoms with Crippen LogP contribution in [-0.2, 0) is 6.54 Å². The molecule has 0 spiro atoms. The maximum atomic E-state index is 7.37. The number of thioether (sulfide) groups is 1. The van der Waals surface area contributed by atoms with Crippen molar-refractivity contribution in [1.29, 1.82) is 0 Å². The van der Waals surface area contributed by atoms with Crippen LogP contribution < -0.4 is 9.47 Å². The minimum atomic E-state index is 0.397. The first-order valence-electron chi connectivity index (χ1n) is 10.9. The van der Waals surface area contributed by atoms with E-state index in [4.69, 9.17) is 10.7 Å². The standard InChI is InChI=1S/C26H25N5S2/c1-18(27)28-12-5-13-31-14-10-19(11-15-31)16-25-30(2)22-9-8-20(17-24(22)32-25)26-29-21-6-3-4-7-23(21)33-26/h3-4,6-11,14-17H,5,12-13H2,1-2H3,(H-,27,28). The maximum absolute atomic E-state index is 7.37. The van der Waals surface area contributed by atoms with Crippen LogP contribution in [0, 0.1) is 0 Å². The van der Waals surface area contributed by atoms with Crippen LogP contribution in [0.4, 0.5) is 5.69 Å². The molecule has 4 aromatic rings. The summed E-state index contributed by atoms with van der Waals surface area (Å²) in [5, 5.41) is 2.28. The van der Waals surface area contributed by atoms with Gasteiger partial charge in [-0.25, -0.2) is 9.55 Å². The lowest BCUT2D eigenvalue weighted by atomic mass is 10.2. The summed E-state index contributed by atoms with van der Waals surface area (Å²) in [6, 6.07) is 19.2. The second kappa shape index (κ2) is 9.37. The molecule has 7 heteroatoms. The molecule has 1 aliphatic heterocycles. The Labute approximate surface area is 202 Å². The van der Waals surface area contributed by atoms with E-state index in [9.17, 15) is 0 Å². The summed E-state index contributed by atoms with van der Waals surface area (Å²) in [6.45, 7) is 3.32. The summed E-state index contributed by atoms with van der Waals surface area (Å²) < 4.78 is 3.39. The Morgan fingerprint density at radius 1 is 1.15 bits per heavy atom. The Morgan fingerprint density at radius 2 is 1.97 bits per heavy atom. The van der Waals surface area contributed by atoms with Crippen LogP contribution in [0.15, 0.2) is 81.9 Å². The van der Waals surface area contributed by atoms with Crippen molar-refractivity contribution in [1.82, 2.24) is 4.98 Å². The van der Waals surface area contributed by atoms with E-state index >= 15 is 0 Å². The third kappa shape index (κ3) is 4.79. The Kier molecular flexibility index (Phi) is 6.15. The normalized spacial score (nSPS) is 14.9. The number of aryl methyl sites for hydroxylation is 1. The lowest BCUT2D eigenvalue weighted by Gasteiger charge is -2.13. The van der Waals surface area contributed by atoms with Crippen molar-refractivity contribution in [3.05, 3.63) is 83.3 Å². The van der Waals surface area contributed by atoms with E-state index in [1.54, 1.807) is 30.0 Å². The van der Waals surface area contributed by atoms with E-state index in [1.165, 1.54) is 31.4 Å². The highest BCUT2D eigenvalue weighted by Gasteiger charge is 2.23. The SMILES string of the molecule is CC([NH-])=NCCC[n+]1ccc(/C=C2\Sc3cc(-c4nc5ccccc5s4)ccc3N2C)cc1. The molecular weight excluding hydrogens is 446 g/mol. The number of pyridine rings is 1. The predicted molar refractivity (Wildman–Crippen MR) is 141 cm³/mol. The van der Waals surface area contributed by atoms with Gasteiger partial charge < -0.3 is 15.6 Å². The van der Waals surface area contributed by atoms with Crippen molar-refractivity contribution in [2.45, 2.75) is 24.8 Å². The topological polar surface area (TPSA) is 56.2 Å². The van der Waals surface area contributed by atoms with Crippen LogP contribution in [0.2, 0.25) is 0 Å². The zero-order valence-corrected chi connectivity index (χ0v) is 20.3. The van der Waals surface area contributed by atoms with E-state index < -0.39 is 0 Å². The first-order valence-corrected chi connectivity index (χ1v) is 12.6. The molecule has 2 aromatic carbocycles. The van der Waals surface area contributed by atoms with Crippen LogP contribution in [0.25, 0.3) is 32.6 Å². The van der Waals surface area contributed by atoms with Crippen molar-refractivity contribution in [3.8, 4) is 10.6 Å². The van der Waals surface area contributed by atoms with Gasteiger partial charge in [0.1, 0.15) is 11.6 Å². The number of aromatic nitrogens is 2. The number of para-hydroxylation sites is 1. The second-order valence-electron chi connectivity index (χ2n) is 8.00. The number of fused-ring (bicyclic) bond motifs is 2. The van der Waals surface area contributed by atoms with Crippen molar-refractivity contribution in [3.63, 3.8) is 0 Å². The first kappa shape index (κ1) is 21.7. The van der Waals surface area contributed by atoms with Gasteiger partial charge >= 0.3 is 0 Å². The van der Waals surface area contributed by atoms with Crippen LogP contribution in [0.1, 0.15) is 18.9 Å².